The van der Waals surface area contributed by atoms with Gasteiger partial charge in [0.2, 0.25) is 0 Å². The number of nitrogens with one attached hydrogen (secondary N) is 1. The van der Waals surface area contributed by atoms with Crippen LogP contribution in [-0.2, 0) is 6.54 Å². The number of anilines is 3. The lowest BCUT2D eigenvalue weighted by Crippen LogP contribution is -2.20. The fourth-order valence-electron chi connectivity index (χ4n) is 2.06. The van der Waals surface area contributed by atoms with E-state index in [0.717, 1.165) is 28.7 Å². The summed E-state index contributed by atoms with van der Waals surface area (Å²) in [6.45, 7) is 3.63. The fraction of sp³-hybridized carbons (Fsp3) is 0.438. The average Bonchev–Trinajstić information content (AvgIpc) is 2.87. The van der Waals surface area contributed by atoms with Crippen molar-refractivity contribution in [3.05, 3.63) is 34.8 Å². The van der Waals surface area contributed by atoms with Crippen molar-refractivity contribution in [3.63, 3.8) is 0 Å². The van der Waals surface area contributed by atoms with E-state index >= 15 is 0 Å². The van der Waals surface area contributed by atoms with E-state index in [1.165, 1.54) is 4.88 Å². The minimum Gasteiger partial charge on any atom is -0.395 e. The Balaban J connectivity index is 1.97. The van der Waals surface area contributed by atoms with Gasteiger partial charge >= 0.3 is 0 Å². The summed E-state index contributed by atoms with van der Waals surface area (Å²) in [6, 6.07) is 8.24. The van der Waals surface area contributed by atoms with Crippen LogP contribution in [0.5, 0.6) is 0 Å². The first kappa shape index (κ1) is 16.6. The molecule has 5 nitrogen and oxygen atoms in total. The number of nitrogens with zero attached hydrogens (tertiary/aromatic N) is 3. The summed E-state index contributed by atoms with van der Waals surface area (Å²) in [6.07, 6.45) is 0. The number of benzene rings is 1. The molecule has 0 aliphatic rings. The van der Waals surface area contributed by atoms with Crippen molar-refractivity contribution in [1.29, 1.82) is 0 Å². The molecule has 0 amide bonds. The molecule has 0 unspecified atom stereocenters. The van der Waals surface area contributed by atoms with Crippen LogP contribution in [0.15, 0.2) is 24.3 Å². The highest BCUT2D eigenvalue weighted by molar-refractivity contribution is 7.15. The van der Waals surface area contributed by atoms with Gasteiger partial charge in [0.1, 0.15) is 0 Å². The van der Waals surface area contributed by atoms with Gasteiger partial charge in [-0.2, -0.15) is 0 Å². The van der Waals surface area contributed by atoms with Gasteiger partial charge in [-0.05, 0) is 31.2 Å². The summed E-state index contributed by atoms with van der Waals surface area (Å²) >= 11 is 1.72. The van der Waals surface area contributed by atoms with Gasteiger partial charge in [-0.3, -0.25) is 0 Å². The smallest absolute Gasteiger partial charge is 0.185 e. The zero-order valence-electron chi connectivity index (χ0n) is 13.6. The molecule has 0 bridgehead atoms. The third-order valence-corrected chi connectivity index (χ3v) is 4.79. The molecule has 0 atom stereocenters. The molecular weight excluding hydrogens is 296 g/mol. The normalized spacial score (nSPS) is 10.6. The number of rotatable bonds is 7. The zero-order chi connectivity index (χ0) is 16.1. The second kappa shape index (κ2) is 7.47. The van der Waals surface area contributed by atoms with Gasteiger partial charge in [0, 0.05) is 43.9 Å². The Hall–Kier alpha value is -1.79. The topological polar surface area (TPSA) is 51.6 Å². The van der Waals surface area contributed by atoms with Gasteiger partial charge in [0.05, 0.1) is 18.8 Å². The molecule has 2 rings (SSSR count). The molecule has 0 radical (unpaired) electrons. The van der Waals surface area contributed by atoms with Crippen LogP contribution in [0.2, 0.25) is 0 Å². The number of aliphatic hydroxyl groups is 1. The average molecular weight is 320 g/mol. The standard InChI is InChI=1S/C16H24N4OS/c1-12-15(22-16(18-12)19(2)3)11-17-13-5-7-14(8-6-13)20(4)9-10-21/h5-8,17,21H,9-11H2,1-4H3. The molecular formula is C16H24N4OS. The van der Waals surface area contributed by atoms with Gasteiger partial charge in [0.25, 0.3) is 0 Å². The van der Waals surface area contributed by atoms with Crippen molar-refractivity contribution in [3.8, 4) is 0 Å². The van der Waals surface area contributed by atoms with E-state index in [1.54, 1.807) is 11.3 Å². The highest BCUT2D eigenvalue weighted by atomic mass is 32.1. The first-order chi connectivity index (χ1) is 10.5. The second-order valence-electron chi connectivity index (χ2n) is 5.45. The van der Waals surface area contributed by atoms with E-state index < -0.39 is 0 Å². The molecule has 0 aliphatic heterocycles. The van der Waals surface area contributed by atoms with Crippen LogP contribution in [-0.4, -0.2) is 44.4 Å². The number of aryl methyl sites for hydroxylation is 1. The molecule has 0 saturated carbocycles. The van der Waals surface area contributed by atoms with Crippen LogP contribution in [0, 0.1) is 6.92 Å². The molecule has 6 heteroatoms. The van der Waals surface area contributed by atoms with Gasteiger partial charge in [-0.25, -0.2) is 4.98 Å². The number of likely N-dealkylation sites (N-methyl/N-ethyl adjacent to an activating group) is 1. The highest BCUT2D eigenvalue weighted by Gasteiger charge is 2.08. The predicted octanol–water partition coefficient (Wildman–Crippen LogP) is 2.56. The molecule has 1 aromatic heterocycles. The van der Waals surface area contributed by atoms with Crippen molar-refractivity contribution < 1.29 is 5.11 Å². The molecule has 2 aromatic rings. The molecule has 2 N–H and O–H groups in total. The van der Waals surface area contributed by atoms with Gasteiger partial charge in [0.15, 0.2) is 5.13 Å². The number of thiazole rings is 1. The van der Waals surface area contributed by atoms with Crippen LogP contribution >= 0.6 is 11.3 Å². The fourth-order valence-corrected chi connectivity index (χ4v) is 2.99. The molecule has 0 saturated heterocycles. The van der Waals surface area contributed by atoms with Gasteiger partial charge in [-0.1, -0.05) is 11.3 Å². The quantitative estimate of drug-likeness (QED) is 0.821. The number of aromatic nitrogens is 1. The summed E-state index contributed by atoms with van der Waals surface area (Å²) in [5.41, 5.74) is 3.27. The Labute approximate surface area is 136 Å². The van der Waals surface area contributed by atoms with Crippen LogP contribution in [0.3, 0.4) is 0 Å². The van der Waals surface area contributed by atoms with Crippen LogP contribution < -0.4 is 15.1 Å². The highest BCUT2D eigenvalue weighted by Crippen LogP contribution is 2.25. The predicted molar refractivity (Wildman–Crippen MR) is 95.3 cm³/mol. The lowest BCUT2D eigenvalue weighted by Gasteiger charge is -2.18. The third kappa shape index (κ3) is 4.11. The summed E-state index contributed by atoms with van der Waals surface area (Å²) in [5, 5.41) is 13.4. The van der Waals surface area contributed by atoms with Crippen molar-refractivity contribution in [1.82, 2.24) is 4.98 Å². The summed E-state index contributed by atoms with van der Waals surface area (Å²) in [4.78, 5) is 9.87. The Morgan fingerprint density at radius 2 is 1.86 bits per heavy atom. The molecule has 1 aromatic carbocycles. The summed E-state index contributed by atoms with van der Waals surface area (Å²) in [7, 11) is 6.00. The van der Waals surface area contributed by atoms with E-state index in [9.17, 15) is 0 Å². The molecule has 120 valence electrons. The second-order valence-corrected chi connectivity index (χ2v) is 6.51. The minimum absolute atomic E-state index is 0.162. The van der Waals surface area contributed by atoms with Crippen LogP contribution in [0.25, 0.3) is 0 Å². The number of aliphatic hydroxyl groups excluding tert-OH is 1. The Bertz CT molecular complexity index is 595. The van der Waals surface area contributed by atoms with Crippen molar-refractivity contribution in [2.24, 2.45) is 0 Å². The molecule has 0 spiro atoms. The summed E-state index contributed by atoms with van der Waals surface area (Å²) in [5.74, 6) is 0. The first-order valence-corrected chi connectivity index (χ1v) is 8.12. The summed E-state index contributed by atoms with van der Waals surface area (Å²) < 4.78 is 0. The van der Waals surface area contributed by atoms with Crippen LogP contribution in [0.4, 0.5) is 16.5 Å². The van der Waals surface area contributed by atoms with Crippen molar-refractivity contribution >= 4 is 27.8 Å². The Morgan fingerprint density at radius 3 is 2.41 bits per heavy atom. The maximum atomic E-state index is 8.97. The SMILES string of the molecule is Cc1nc(N(C)C)sc1CNc1ccc(N(C)CCO)cc1. The largest absolute Gasteiger partial charge is 0.395 e. The third-order valence-electron chi connectivity index (χ3n) is 3.46. The monoisotopic (exact) mass is 320 g/mol. The van der Waals surface area contributed by atoms with E-state index in [2.05, 4.69) is 34.6 Å². The molecule has 0 fully saturated rings. The van der Waals surface area contributed by atoms with Crippen molar-refractivity contribution in [2.45, 2.75) is 13.5 Å². The Morgan fingerprint density at radius 1 is 1.18 bits per heavy atom. The lowest BCUT2D eigenvalue weighted by molar-refractivity contribution is 0.304. The zero-order valence-corrected chi connectivity index (χ0v) is 14.4. The van der Waals surface area contributed by atoms with Gasteiger partial charge < -0.3 is 20.2 Å². The molecule has 1 heterocycles. The van der Waals surface area contributed by atoms with Crippen molar-refractivity contribution in [2.75, 3.05) is 49.4 Å². The van der Waals surface area contributed by atoms with E-state index in [0.29, 0.717) is 6.54 Å². The molecule has 22 heavy (non-hydrogen) atoms. The number of hydrogen-bond acceptors (Lipinski definition) is 6. The van der Waals surface area contributed by atoms with E-state index in [1.807, 2.05) is 37.9 Å². The minimum atomic E-state index is 0.162. The van der Waals surface area contributed by atoms with E-state index in [4.69, 9.17) is 5.11 Å². The van der Waals surface area contributed by atoms with Gasteiger partial charge in [-0.15, -0.1) is 0 Å². The molecule has 0 aliphatic carbocycles. The first-order valence-electron chi connectivity index (χ1n) is 7.31. The lowest BCUT2D eigenvalue weighted by atomic mass is 10.2. The van der Waals surface area contributed by atoms with Crippen LogP contribution in [0.1, 0.15) is 10.6 Å². The number of hydrogen-bond donors (Lipinski definition) is 2. The maximum absolute atomic E-state index is 8.97. The Kier molecular flexibility index (Phi) is 5.63. The van der Waals surface area contributed by atoms with E-state index in [-0.39, 0.29) is 6.61 Å². The maximum Gasteiger partial charge on any atom is 0.185 e.